The molecule has 0 aromatic heterocycles. The van der Waals surface area contributed by atoms with Crippen LogP contribution in [0.2, 0.25) is 0 Å². The number of hydrogen-bond donors (Lipinski definition) is 1. The van der Waals surface area contributed by atoms with Gasteiger partial charge in [0.25, 0.3) is 0 Å². The zero-order valence-corrected chi connectivity index (χ0v) is 13.2. The Morgan fingerprint density at radius 3 is 2.70 bits per heavy atom. The Hall–Kier alpha value is -1.02. The molecule has 1 fully saturated rings. The van der Waals surface area contributed by atoms with Crippen molar-refractivity contribution in [2.45, 2.75) is 77.0 Å². The average Bonchev–Trinajstić information content (AvgIpc) is 3.22. The van der Waals surface area contributed by atoms with Gasteiger partial charge in [0.2, 0.25) is 0 Å². The van der Waals surface area contributed by atoms with Crippen LogP contribution in [-0.4, -0.2) is 12.1 Å². The van der Waals surface area contributed by atoms with Crippen LogP contribution in [0.5, 0.6) is 5.75 Å². The van der Waals surface area contributed by atoms with Gasteiger partial charge in [0, 0.05) is 24.1 Å². The summed E-state index contributed by atoms with van der Waals surface area (Å²) in [4.78, 5) is 0. The zero-order chi connectivity index (χ0) is 14.3. The number of benzene rings is 1. The first-order valence-electron chi connectivity index (χ1n) is 8.06. The minimum atomic E-state index is 0.238. The van der Waals surface area contributed by atoms with Gasteiger partial charge >= 0.3 is 0 Å². The molecule has 0 bridgehead atoms. The zero-order valence-electron chi connectivity index (χ0n) is 13.2. The third-order valence-corrected chi connectivity index (χ3v) is 4.96. The van der Waals surface area contributed by atoms with Gasteiger partial charge in [-0.1, -0.05) is 26.8 Å². The van der Waals surface area contributed by atoms with Crippen molar-refractivity contribution in [2.24, 2.45) is 0 Å². The Kier molecular flexibility index (Phi) is 3.53. The maximum Gasteiger partial charge on any atom is 0.124 e. The molecule has 0 spiro atoms. The maximum atomic E-state index is 6.03. The van der Waals surface area contributed by atoms with Crippen molar-refractivity contribution >= 4 is 0 Å². The van der Waals surface area contributed by atoms with Crippen LogP contribution in [0.4, 0.5) is 0 Å². The summed E-state index contributed by atoms with van der Waals surface area (Å²) in [5.41, 5.74) is 3.04. The molecule has 110 valence electrons. The van der Waals surface area contributed by atoms with Gasteiger partial charge in [-0.3, -0.25) is 0 Å². The smallest absolute Gasteiger partial charge is 0.124 e. The minimum Gasteiger partial charge on any atom is -0.490 e. The summed E-state index contributed by atoms with van der Waals surface area (Å²) >= 11 is 0. The van der Waals surface area contributed by atoms with Gasteiger partial charge in [-0.05, 0) is 49.3 Å². The molecule has 2 atom stereocenters. The van der Waals surface area contributed by atoms with Crippen LogP contribution in [0.3, 0.4) is 0 Å². The number of rotatable bonds is 4. The van der Waals surface area contributed by atoms with E-state index in [1.807, 2.05) is 0 Å². The molecule has 1 aliphatic heterocycles. The van der Waals surface area contributed by atoms with Gasteiger partial charge in [0.1, 0.15) is 5.75 Å². The molecule has 3 rings (SSSR count). The lowest BCUT2D eigenvalue weighted by Gasteiger charge is -2.33. The van der Waals surface area contributed by atoms with E-state index in [9.17, 15) is 0 Å². The fraction of sp³-hybridized carbons (Fsp3) is 0.667. The molecule has 0 radical (unpaired) electrons. The summed E-state index contributed by atoms with van der Waals surface area (Å²) in [6.45, 7) is 9.08. The van der Waals surface area contributed by atoms with Crippen LogP contribution < -0.4 is 10.1 Å². The molecule has 1 N–H and O–H groups in total. The fourth-order valence-corrected chi connectivity index (χ4v) is 2.97. The molecule has 0 saturated heterocycles. The van der Waals surface area contributed by atoms with E-state index in [2.05, 4.69) is 51.2 Å². The van der Waals surface area contributed by atoms with E-state index in [1.165, 1.54) is 24.0 Å². The Morgan fingerprint density at radius 2 is 2.05 bits per heavy atom. The highest BCUT2D eigenvalue weighted by molar-refractivity contribution is 5.43. The highest BCUT2D eigenvalue weighted by Gasteiger charge is 2.32. The van der Waals surface area contributed by atoms with Gasteiger partial charge < -0.3 is 10.1 Å². The Balaban J connectivity index is 1.93. The SMILES string of the molecule is CCC(C)(C)c1ccc2c(c1)C(NC1CC1)CC(C)O2. The van der Waals surface area contributed by atoms with Crippen LogP contribution >= 0.6 is 0 Å². The first kappa shape index (κ1) is 13.9. The number of ether oxygens (including phenoxy) is 1. The quantitative estimate of drug-likeness (QED) is 0.881. The Morgan fingerprint density at radius 1 is 1.30 bits per heavy atom. The van der Waals surface area contributed by atoms with Crippen molar-refractivity contribution in [3.8, 4) is 5.75 Å². The van der Waals surface area contributed by atoms with Crippen molar-refractivity contribution in [1.29, 1.82) is 0 Å². The molecule has 1 aromatic carbocycles. The summed E-state index contributed by atoms with van der Waals surface area (Å²) in [6, 6.07) is 8.01. The fourth-order valence-electron chi connectivity index (χ4n) is 2.97. The van der Waals surface area contributed by atoms with E-state index in [1.54, 1.807) is 0 Å². The molecule has 1 aliphatic carbocycles. The third-order valence-electron chi connectivity index (χ3n) is 4.96. The van der Waals surface area contributed by atoms with Gasteiger partial charge in [-0.15, -0.1) is 0 Å². The van der Waals surface area contributed by atoms with Gasteiger partial charge in [0.15, 0.2) is 0 Å². The first-order chi connectivity index (χ1) is 9.49. The molecule has 2 unspecified atom stereocenters. The summed E-state index contributed by atoms with van der Waals surface area (Å²) in [5.74, 6) is 1.08. The van der Waals surface area contributed by atoms with Gasteiger partial charge in [0.05, 0.1) is 6.10 Å². The highest BCUT2D eigenvalue weighted by Crippen LogP contribution is 2.40. The topological polar surface area (TPSA) is 21.3 Å². The van der Waals surface area contributed by atoms with Gasteiger partial charge in [-0.2, -0.15) is 0 Å². The number of nitrogens with one attached hydrogen (secondary N) is 1. The summed E-state index contributed by atoms with van der Waals surface area (Å²) < 4.78 is 6.03. The van der Waals surface area contributed by atoms with E-state index in [0.29, 0.717) is 12.1 Å². The molecule has 1 saturated carbocycles. The first-order valence-corrected chi connectivity index (χ1v) is 8.06. The van der Waals surface area contributed by atoms with Crippen molar-refractivity contribution in [3.63, 3.8) is 0 Å². The van der Waals surface area contributed by atoms with Crippen LogP contribution in [0.1, 0.15) is 70.5 Å². The molecular weight excluding hydrogens is 246 g/mol. The second kappa shape index (κ2) is 5.07. The second-order valence-corrected chi connectivity index (χ2v) is 7.15. The third kappa shape index (κ3) is 2.71. The Labute approximate surface area is 122 Å². The number of fused-ring (bicyclic) bond motifs is 1. The van der Waals surface area contributed by atoms with Crippen LogP contribution in [0.25, 0.3) is 0 Å². The summed E-state index contributed by atoms with van der Waals surface area (Å²) in [7, 11) is 0. The Bertz CT molecular complexity index is 490. The molecule has 2 heteroatoms. The van der Waals surface area contributed by atoms with Crippen molar-refractivity contribution in [2.75, 3.05) is 0 Å². The minimum absolute atomic E-state index is 0.238. The average molecular weight is 273 g/mol. The molecule has 0 amide bonds. The van der Waals surface area contributed by atoms with E-state index < -0.39 is 0 Å². The van der Waals surface area contributed by atoms with E-state index in [0.717, 1.165) is 24.6 Å². The highest BCUT2D eigenvalue weighted by atomic mass is 16.5. The second-order valence-electron chi connectivity index (χ2n) is 7.15. The van der Waals surface area contributed by atoms with E-state index >= 15 is 0 Å². The van der Waals surface area contributed by atoms with E-state index in [-0.39, 0.29) is 5.41 Å². The predicted octanol–water partition coefficient (Wildman–Crippen LogP) is 4.34. The largest absolute Gasteiger partial charge is 0.490 e. The van der Waals surface area contributed by atoms with Crippen molar-refractivity contribution in [3.05, 3.63) is 29.3 Å². The molecule has 20 heavy (non-hydrogen) atoms. The summed E-state index contributed by atoms with van der Waals surface area (Å²) in [5, 5.41) is 3.80. The molecule has 1 aromatic rings. The molecule has 2 aliphatic rings. The lowest BCUT2D eigenvalue weighted by atomic mass is 9.80. The van der Waals surface area contributed by atoms with Crippen LogP contribution in [0.15, 0.2) is 18.2 Å². The molecule has 2 nitrogen and oxygen atoms in total. The van der Waals surface area contributed by atoms with Crippen LogP contribution in [-0.2, 0) is 5.41 Å². The molecular formula is C18H27NO. The lowest BCUT2D eigenvalue weighted by molar-refractivity contribution is 0.165. The van der Waals surface area contributed by atoms with E-state index in [4.69, 9.17) is 4.74 Å². The standard InChI is InChI=1S/C18H27NO/c1-5-18(3,4)13-6-9-17-15(11-13)16(10-12(2)20-17)19-14-7-8-14/h6,9,11-12,14,16,19H,5,7-8,10H2,1-4H3. The lowest BCUT2D eigenvalue weighted by Crippen LogP contribution is -2.33. The number of hydrogen-bond acceptors (Lipinski definition) is 2. The van der Waals surface area contributed by atoms with Crippen molar-refractivity contribution < 1.29 is 4.74 Å². The maximum absolute atomic E-state index is 6.03. The van der Waals surface area contributed by atoms with Gasteiger partial charge in [-0.25, -0.2) is 0 Å². The summed E-state index contributed by atoms with van der Waals surface area (Å²) in [6.07, 6.45) is 5.22. The monoisotopic (exact) mass is 273 g/mol. The normalized spacial score (nSPS) is 26.0. The van der Waals surface area contributed by atoms with Crippen molar-refractivity contribution in [1.82, 2.24) is 5.32 Å². The predicted molar refractivity (Wildman–Crippen MR) is 83.4 cm³/mol. The van der Waals surface area contributed by atoms with Crippen LogP contribution in [0, 0.1) is 0 Å². The molecule has 1 heterocycles.